The number of anilines is 1. The summed E-state index contributed by atoms with van der Waals surface area (Å²) >= 11 is 0. The average molecular weight is 305 g/mol. The van der Waals surface area contributed by atoms with Crippen LogP contribution < -0.4 is 10.2 Å². The van der Waals surface area contributed by atoms with Crippen LogP contribution in [0.25, 0.3) is 0 Å². The van der Waals surface area contributed by atoms with Gasteiger partial charge in [0.2, 0.25) is 0 Å². The Balaban J connectivity index is 1.83. The SMILES string of the molecule is C[C@@H]1CN(C(=O)NC[C@@H](C)N(C)c2ccccc2)C[C@@H](C)O1. The molecule has 0 radical (unpaired) electrons. The summed E-state index contributed by atoms with van der Waals surface area (Å²) in [7, 11) is 2.05. The zero-order valence-electron chi connectivity index (χ0n) is 14.0. The van der Waals surface area contributed by atoms with E-state index in [0.29, 0.717) is 19.6 Å². The molecule has 2 amide bonds. The Labute approximate surface area is 133 Å². The van der Waals surface area contributed by atoms with E-state index < -0.39 is 0 Å². The highest BCUT2D eigenvalue weighted by atomic mass is 16.5. The lowest BCUT2D eigenvalue weighted by molar-refractivity contribution is -0.0545. The second-order valence-electron chi connectivity index (χ2n) is 6.14. The molecular weight excluding hydrogens is 278 g/mol. The standard InChI is InChI=1S/C17H27N3O2/c1-13(19(4)16-8-6-5-7-9-16)10-18-17(21)20-11-14(2)22-15(3)12-20/h5-9,13-15H,10-12H2,1-4H3,(H,18,21)/t13-,14-,15-/m1/s1. The van der Waals surface area contributed by atoms with Gasteiger partial charge in [-0.2, -0.15) is 0 Å². The van der Waals surface area contributed by atoms with Crippen LogP contribution in [0.4, 0.5) is 10.5 Å². The van der Waals surface area contributed by atoms with E-state index in [1.54, 1.807) is 0 Å². The highest BCUT2D eigenvalue weighted by Gasteiger charge is 2.26. The molecule has 1 heterocycles. The zero-order chi connectivity index (χ0) is 16.1. The van der Waals surface area contributed by atoms with Gasteiger partial charge in [0.05, 0.1) is 12.2 Å². The second kappa shape index (κ2) is 7.49. The first kappa shape index (κ1) is 16.6. The molecule has 0 saturated carbocycles. The molecule has 5 heteroatoms. The minimum Gasteiger partial charge on any atom is -0.372 e. The van der Waals surface area contributed by atoms with E-state index >= 15 is 0 Å². The molecule has 0 spiro atoms. The van der Waals surface area contributed by atoms with E-state index in [1.807, 2.05) is 44.0 Å². The number of amides is 2. The first-order valence-corrected chi connectivity index (χ1v) is 7.93. The van der Waals surface area contributed by atoms with Crippen LogP contribution >= 0.6 is 0 Å². The summed E-state index contributed by atoms with van der Waals surface area (Å²) in [6.45, 7) is 8.03. The van der Waals surface area contributed by atoms with Crippen molar-refractivity contribution < 1.29 is 9.53 Å². The summed E-state index contributed by atoms with van der Waals surface area (Å²) < 4.78 is 5.66. The molecular formula is C17H27N3O2. The predicted molar refractivity (Wildman–Crippen MR) is 89.3 cm³/mol. The molecule has 1 aromatic carbocycles. The maximum atomic E-state index is 12.3. The molecule has 22 heavy (non-hydrogen) atoms. The number of nitrogens with zero attached hydrogens (tertiary/aromatic N) is 2. The van der Waals surface area contributed by atoms with Crippen LogP contribution in [0, 0.1) is 0 Å². The number of urea groups is 1. The van der Waals surface area contributed by atoms with E-state index in [0.717, 1.165) is 5.69 Å². The van der Waals surface area contributed by atoms with E-state index in [9.17, 15) is 4.79 Å². The normalized spacial score (nSPS) is 23.0. The average Bonchev–Trinajstić information content (AvgIpc) is 2.51. The van der Waals surface area contributed by atoms with Gasteiger partial charge >= 0.3 is 6.03 Å². The molecule has 0 unspecified atom stereocenters. The number of hydrogen-bond donors (Lipinski definition) is 1. The molecule has 1 aliphatic heterocycles. The molecule has 2 rings (SSSR count). The van der Waals surface area contributed by atoms with Gasteiger partial charge in [-0.3, -0.25) is 0 Å². The number of morpholine rings is 1. The van der Waals surface area contributed by atoms with Crippen LogP contribution in [-0.2, 0) is 4.74 Å². The predicted octanol–water partition coefficient (Wildman–Crippen LogP) is 2.33. The number of benzene rings is 1. The second-order valence-corrected chi connectivity index (χ2v) is 6.14. The highest BCUT2D eigenvalue weighted by Crippen LogP contribution is 2.14. The van der Waals surface area contributed by atoms with Gasteiger partial charge in [0.1, 0.15) is 0 Å². The number of para-hydroxylation sites is 1. The van der Waals surface area contributed by atoms with Crippen molar-refractivity contribution in [1.29, 1.82) is 0 Å². The van der Waals surface area contributed by atoms with Gasteiger partial charge in [0.15, 0.2) is 0 Å². The van der Waals surface area contributed by atoms with Crippen molar-refractivity contribution in [2.24, 2.45) is 0 Å². The Bertz CT molecular complexity index is 470. The Hall–Kier alpha value is -1.75. The van der Waals surface area contributed by atoms with E-state index in [-0.39, 0.29) is 24.3 Å². The summed E-state index contributed by atoms with van der Waals surface area (Å²) in [5, 5.41) is 3.03. The van der Waals surface area contributed by atoms with Gasteiger partial charge in [0.25, 0.3) is 0 Å². The maximum absolute atomic E-state index is 12.3. The van der Waals surface area contributed by atoms with E-state index in [4.69, 9.17) is 4.74 Å². The molecule has 0 bridgehead atoms. The number of hydrogen-bond acceptors (Lipinski definition) is 3. The fraction of sp³-hybridized carbons (Fsp3) is 0.588. The van der Waals surface area contributed by atoms with Crippen LogP contribution in [0.5, 0.6) is 0 Å². The van der Waals surface area contributed by atoms with Crippen molar-refractivity contribution in [3.05, 3.63) is 30.3 Å². The molecule has 0 aliphatic carbocycles. The van der Waals surface area contributed by atoms with Crippen molar-refractivity contribution >= 4 is 11.7 Å². The third-order valence-corrected chi connectivity index (χ3v) is 4.08. The quantitative estimate of drug-likeness (QED) is 0.928. The van der Waals surface area contributed by atoms with Crippen LogP contribution in [0.1, 0.15) is 20.8 Å². The lowest BCUT2D eigenvalue weighted by Crippen LogP contribution is -2.53. The van der Waals surface area contributed by atoms with Gasteiger partial charge in [-0.1, -0.05) is 18.2 Å². The topological polar surface area (TPSA) is 44.8 Å². The number of carbonyl (C=O) groups is 1. The summed E-state index contributed by atoms with van der Waals surface area (Å²) in [6, 6.07) is 10.4. The highest BCUT2D eigenvalue weighted by molar-refractivity contribution is 5.74. The summed E-state index contributed by atoms with van der Waals surface area (Å²) in [6.07, 6.45) is 0.192. The van der Waals surface area contributed by atoms with Crippen LogP contribution in [0.2, 0.25) is 0 Å². The number of likely N-dealkylation sites (N-methyl/N-ethyl adjacent to an activating group) is 1. The van der Waals surface area contributed by atoms with Crippen molar-refractivity contribution in [2.75, 3.05) is 31.6 Å². The zero-order valence-corrected chi connectivity index (χ0v) is 14.0. The van der Waals surface area contributed by atoms with Crippen LogP contribution in [0.3, 0.4) is 0 Å². The van der Waals surface area contributed by atoms with Gasteiger partial charge in [-0.15, -0.1) is 0 Å². The third kappa shape index (κ3) is 4.37. The molecule has 0 aromatic heterocycles. The van der Waals surface area contributed by atoms with Crippen molar-refractivity contribution in [1.82, 2.24) is 10.2 Å². The summed E-state index contributed by atoms with van der Waals surface area (Å²) in [4.78, 5) is 16.3. The minimum absolute atomic E-state index is 0.00434. The Morgan fingerprint density at radius 3 is 2.50 bits per heavy atom. The molecule has 1 N–H and O–H groups in total. The van der Waals surface area contributed by atoms with Crippen LogP contribution in [0.15, 0.2) is 30.3 Å². The fourth-order valence-corrected chi connectivity index (χ4v) is 2.75. The number of rotatable bonds is 4. The van der Waals surface area contributed by atoms with Gasteiger partial charge in [-0.25, -0.2) is 4.79 Å². The third-order valence-electron chi connectivity index (χ3n) is 4.08. The molecule has 5 nitrogen and oxygen atoms in total. The molecule has 1 aliphatic rings. The monoisotopic (exact) mass is 305 g/mol. The molecule has 1 saturated heterocycles. The Morgan fingerprint density at radius 1 is 1.32 bits per heavy atom. The van der Waals surface area contributed by atoms with Gasteiger partial charge in [0, 0.05) is 38.4 Å². The molecule has 3 atom stereocenters. The number of ether oxygens (including phenoxy) is 1. The maximum Gasteiger partial charge on any atom is 0.317 e. The Kier molecular flexibility index (Phi) is 5.66. The number of nitrogens with one attached hydrogen (secondary N) is 1. The Morgan fingerprint density at radius 2 is 1.91 bits per heavy atom. The minimum atomic E-state index is -0.00434. The first-order valence-electron chi connectivity index (χ1n) is 7.93. The van der Waals surface area contributed by atoms with Crippen molar-refractivity contribution in [3.63, 3.8) is 0 Å². The number of carbonyl (C=O) groups excluding carboxylic acids is 1. The van der Waals surface area contributed by atoms with Crippen molar-refractivity contribution in [3.8, 4) is 0 Å². The summed E-state index contributed by atoms with van der Waals surface area (Å²) in [5.41, 5.74) is 1.15. The largest absolute Gasteiger partial charge is 0.372 e. The fourth-order valence-electron chi connectivity index (χ4n) is 2.75. The van der Waals surface area contributed by atoms with Crippen LogP contribution in [-0.4, -0.2) is 55.9 Å². The molecule has 122 valence electrons. The van der Waals surface area contributed by atoms with Gasteiger partial charge < -0.3 is 19.9 Å². The van der Waals surface area contributed by atoms with E-state index in [2.05, 4.69) is 29.3 Å². The van der Waals surface area contributed by atoms with Crippen molar-refractivity contribution in [2.45, 2.75) is 39.0 Å². The molecule has 1 aromatic rings. The first-order chi connectivity index (χ1) is 10.5. The summed E-state index contributed by atoms with van der Waals surface area (Å²) in [5.74, 6) is 0. The smallest absolute Gasteiger partial charge is 0.317 e. The lowest BCUT2D eigenvalue weighted by Gasteiger charge is -2.36. The lowest BCUT2D eigenvalue weighted by atomic mass is 10.2. The molecule has 1 fully saturated rings. The van der Waals surface area contributed by atoms with E-state index in [1.165, 1.54) is 0 Å². The van der Waals surface area contributed by atoms with Gasteiger partial charge in [-0.05, 0) is 32.9 Å².